The first-order valence-electron chi connectivity index (χ1n) is 11.0. The molecule has 0 radical (unpaired) electrons. The molecule has 0 atom stereocenters. The van der Waals surface area contributed by atoms with Crippen LogP contribution in [0.3, 0.4) is 0 Å². The highest BCUT2D eigenvalue weighted by atomic mass is 79.9. The van der Waals surface area contributed by atoms with Crippen molar-refractivity contribution in [1.82, 2.24) is 10.2 Å². The van der Waals surface area contributed by atoms with Gasteiger partial charge >= 0.3 is 0 Å². The highest BCUT2D eigenvalue weighted by Crippen LogP contribution is 2.30. The van der Waals surface area contributed by atoms with Gasteiger partial charge in [0.25, 0.3) is 0 Å². The SMILES string of the molecule is CCNC1CCC(CCCN2CCC(Cc3cc(Cl)ccc3Br)CC2)CC1. The molecule has 1 saturated carbocycles. The molecule has 0 bridgehead atoms. The Labute approximate surface area is 179 Å². The van der Waals surface area contributed by atoms with Gasteiger partial charge in [0.15, 0.2) is 0 Å². The minimum absolute atomic E-state index is 0.796. The summed E-state index contributed by atoms with van der Waals surface area (Å²) in [6.07, 6.45) is 12.3. The van der Waals surface area contributed by atoms with Gasteiger partial charge in [0.1, 0.15) is 0 Å². The largest absolute Gasteiger partial charge is 0.314 e. The summed E-state index contributed by atoms with van der Waals surface area (Å²) in [7, 11) is 0. The van der Waals surface area contributed by atoms with E-state index in [0.29, 0.717) is 0 Å². The zero-order chi connectivity index (χ0) is 19.1. The summed E-state index contributed by atoms with van der Waals surface area (Å²) in [6, 6.07) is 6.97. The summed E-state index contributed by atoms with van der Waals surface area (Å²) < 4.78 is 1.21. The zero-order valence-corrected chi connectivity index (χ0v) is 19.2. The average Bonchev–Trinajstić information content (AvgIpc) is 2.68. The number of nitrogens with zero attached hydrogens (tertiary/aromatic N) is 1. The Bertz CT molecular complexity index is 563. The first kappa shape index (κ1) is 21.6. The molecule has 27 heavy (non-hydrogen) atoms. The van der Waals surface area contributed by atoms with Crippen molar-refractivity contribution in [2.45, 2.75) is 70.8 Å². The lowest BCUT2D eigenvalue weighted by atomic mass is 9.83. The molecule has 1 heterocycles. The molecule has 152 valence electrons. The molecule has 1 aromatic carbocycles. The van der Waals surface area contributed by atoms with Crippen molar-refractivity contribution in [1.29, 1.82) is 0 Å². The van der Waals surface area contributed by atoms with Gasteiger partial charge in [0.2, 0.25) is 0 Å². The standard InChI is InChI=1S/C23H36BrClN2/c1-2-26-22-8-5-18(6-9-22)4-3-13-27-14-11-19(12-15-27)16-20-17-21(25)7-10-23(20)24/h7,10,17-19,22,26H,2-6,8-9,11-16H2,1H3. The molecule has 0 amide bonds. The Morgan fingerprint density at radius 3 is 2.52 bits per heavy atom. The summed E-state index contributed by atoms with van der Waals surface area (Å²) in [6.45, 7) is 7.20. The first-order valence-corrected chi connectivity index (χ1v) is 12.2. The number of hydrogen-bond donors (Lipinski definition) is 1. The summed E-state index contributed by atoms with van der Waals surface area (Å²) >= 11 is 9.85. The van der Waals surface area contributed by atoms with Crippen molar-refractivity contribution in [2.24, 2.45) is 11.8 Å². The van der Waals surface area contributed by atoms with E-state index < -0.39 is 0 Å². The number of rotatable bonds is 8. The van der Waals surface area contributed by atoms with Crippen LogP contribution in [0.15, 0.2) is 22.7 Å². The number of halogens is 2. The van der Waals surface area contributed by atoms with E-state index in [4.69, 9.17) is 11.6 Å². The van der Waals surface area contributed by atoms with Gasteiger partial charge in [0, 0.05) is 15.5 Å². The Morgan fingerprint density at radius 2 is 1.81 bits per heavy atom. The summed E-state index contributed by atoms with van der Waals surface area (Å²) in [5.41, 5.74) is 1.37. The smallest absolute Gasteiger partial charge is 0.0409 e. The molecule has 2 fully saturated rings. The Morgan fingerprint density at radius 1 is 1.07 bits per heavy atom. The molecule has 0 spiro atoms. The number of benzene rings is 1. The van der Waals surface area contributed by atoms with E-state index in [1.165, 1.54) is 81.0 Å². The van der Waals surface area contributed by atoms with Crippen LogP contribution in [0.4, 0.5) is 0 Å². The summed E-state index contributed by atoms with van der Waals surface area (Å²) in [4.78, 5) is 2.70. The van der Waals surface area contributed by atoms with Crippen LogP contribution in [-0.2, 0) is 6.42 Å². The van der Waals surface area contributed by atoms with E-state index in [0.717, 1.165) is 35.9 Å². The quantitative estimate of drug-likeness (QED) is 0.494. The Balaban J connectivity index is 1.30. The molecular weight excluding hydrogens is 420 g/mol. The highest BCUT2D eigenvalue weighted by Gasteiger charge is 2.22. The second-order valence-corrected chi connectivity index (χ2v) is 9.93. The lowest BCUT2D eigenvalue weighted by Gasteiger charge is -2.33. The van der Waals surface area contributed by atoms with Crippen LogP contribution in [0.5, 0.6) is 0 Å². The van der Waals surface area contributed by atoms with Gasteiger partial charge in [-0.3, -0.25) is 0 Å². The molecule has 1 aliphatic carbocycles. The lowest BCUT2D eigenvalue weighted by Crippen LogP contribution is -2.35. The molecular formula is C23H36BrClN2. The van der Waals surface area contributed by atoms with E-state index in [1.807, 2.05) is 6.07 Å². The zero-order valence-electron chi connectivity index (χ0n) is 16.9. The Hall–Kier alpha value is -0.0900. The molecule has 4 heteroatoms. The lowest BCUT2D eigenvalue weighted by molar-refractivity contribution is 0.174. The third-order valence-corrected chi connectivity index (χ3v) is 7.66. The fourth-order valence-electron chi connectivity index (χ4n) is 4.97. The predicted molar refractivity (Wildman–Crippen MR) is 121 cm³/mol. The summed E-state index contributed by atoms with van der Waals surface area (Å²) in [5.74, 6) is 1.79. The van der Waals surface area contributed by atoms with Crippen molar-refractivity contribution in [2.75, 3.05) is 26.2 Å². The van der Waals surface area contributed by atoms with Crippen molar-refractivity contribution < 1.29 is 0 Å². The third kappa shape index (κ3) is 7.03. The van der Waals surface area contributed by atoms with Crippen molar-refractivity contribution in [3.05, 3.63) is 33.3 Å². The normalized spacial score (nSPS) is 25.0. The van der Waals surface area contributed by atoms with Crippen LogP contribution in [0.2, 0.25) is 5.02 Å². The minimum atomic E-state index is 0.796. The highest BCUT2D eigenvalue weighted by molar-refractivity contribution is 9.10. The maximum absolute atomic E-state index is 6.17. The Kier molecular flexibility index (Phi) is 8.96. The van der Waals surface area contributed by atoms with Gasteiger partial charge < -0.3 is 10.2 Å². The van der Waals surface area contributed by atoms with Crippen LogP contribution in [0.25, 0.3) is 0 Å². The third-order valence-electron chi connectivity index (χ3n) is 6.65. The molecule has 0 unspecified atom stereocenters. The number of hydrogen-bond acceptors (Lipinski definition) is 2. The van der Waals surface area contributed by atoms with E-state index in [2.05, 4.69) is 45.2 Å². The number of piperidine rings is 1. The van der Waals surface area contributed by atoms with E-state index >= 15 is 0 Å². The molecule has 1 saturated heterocycles. The van der Waals surface area contributed by atoms with Crippen molar-refractivity contribution in [3.8, 4) is 0 Å². The van der Waals surface area contributed by atoms with Gasteiger partial charge in [-0.15, -0.1) is 0 Å². The van der Waals surface area contributed by atoms with Crippen LogP contribution in [0, 0.1) is 11.8 Å². The van der Waals surface area contributed by atoms with Crippen LogP contribution >= 0.6 is 27.5 Å². The second kappa shape index (κ2) is 11.2. The molecule has 1 N–H and O–H groups in total. The van der Waals surface area contributed by atoms with Gasteiger partial charge in [-0.1, -0.05) is 34.5 Å². The first-order chi connectivity index (χ1) is 13.1. The van der Waals surface area contributed by atoms with E-state index in [9.17, 15) is 0 Å². The molecule has 2 nitrogen and oxygen atoms in total. The van der Waals surface area contributed by atoms with Gasteiger partial charge in [-0.2, -0.15) is 0 Å². The van der Waals surface area contributed by atoms with Gasteiger partial charge in [0.05, 0.1) is 0 Å². The number of nitrogens with one attached hydrogen (secondary N) is 1. The minimum Gasteiger partial charge on any atom is -0.314 e. The molecule has 1 aromatic rings. The van der Waals surface area contributed by atoms with Crippen LogP contribution in [-0.4, -0.2) is 37.1 Å². The van der Waals surface area contributed by atoms with Crippen molar-refractivity contribution >= 4 is 27.5 Å². The molecule has 0 aromatic heterocycles. The van der Waals surface area contributed by atoms with Gasteiger partial charge in [-0.05, 0) is 120 Å². The van der Waals surface area contributed by atoms with Crippen molar-refractivity contribution in [3.63, 3.8) is 0 Å². The fraction of sp³-hybridized carbons (Fsp3) is 0.739. The maximum atomic E-state index is 6.17. The molecule has 3 rings (SSSR count). The average molecular weight is 456 g/mol. The molecule has 1 aliphatic heterocycles. The van der Waals surface area contributed by atoms with Crippen LogP contribution in [0.1, 0.15) is 63.9 Å². The van der Waals surface area contributed by atoms with E-state index in [1.54, 1.807) is 0 Å². The van der Waals surface area contributed by atoms with E-state index in [-0.39, 0.29) is 0 Å². The fourth-order valence-corrected chi connectivity index (χ4v) is 5.58. The van der Waals surface area contributed by atoms with Gasteiger partial charge in [-0.25, -0.2) is 0 Å². The maximum Gasteiger partial charge on any atom is 0.0409 e. The second-order valence-electron chi connectivity index (χ2n) is 8.64. The topological polar surface area (TPSA) is 15.3 Å². The predicted octanol–water partition coefficient (Wildman–Crippen LogP) is 6.31. The monoisotopic (exact) mass is 454 g/mol. The number of likely N-dealkylation sites (tertiary alicyclic amines) is 1. The van der Waals surface area contributed by atoms with Crippen LogP contribution < -0.4 is 5.32 Å². The summed E-state index contributed by atoms with van der Waals surface area (Å²) in [5, 5.41) is 4.47. The molecule has 2 aliphatic rings.